The van der Waals surface area contributed by atoms with E-state index in [-0.39, 0.29) is 30.2 Å². The lowest BCUT2D eigenvalue weighted by atomic mass is 9.77. The molecule has 6 aromatic carbocycles. The Morgan fingerprint density at radius 1 is 0.800 bits per heavy atom. The van der Waals surface area contributed by atoms with Crippen molar-refractivity contribution in [3.8, 4) is 17.2 Å². The smallest absolute Gasteiger partial charge is 0.489 e. The van der Waals surface area contributed by atoms with Crippen molar-refractivity contribution in [2.75, 3.05) is 13.1 Å². The van der Waals surface area contributed by atoms with Crippen LogP contribution in [0.4, 0.5) is 12.9 Å². The van der Waals surface area contributed by atoms with Gasteiger partial charge >= 0.3 is 12.9 Å². The lowest BCUT2D eigenvalue weighted by molar-refractivity contribution is -0.145. The van der Waals surface area contributed by atoms with Gasteiger partial charge in [-0.05, 0) is 146 Å². The van der Waals surface area contributed by atoms with Crippen LogP contribution in [0.25, 0.3) is 11.6 Å². The van der Waals surface area contributed by atoms with Gasteiger partial charge in [-0.25, -0.2) is 13.2 Å². The zero-order valence-electron chi connectivity index (χ0n) is 37.1. The van der Waals surface area contributed by atoms with Gasteiger partial charge in [0.15, 0.2) is 0 Å². The highest BCUT2D eigenvalue weighted by molar-refractivity contribution is 7.89. The standard InChI is InChI=1S/C53H50BF3NO6S/c1-33(2)53(59)63-41-22-24-58(25-23-41)65(60,61)51-17-10-8-15-45(51)52-43-20-18-38(28-46-34(3)12-11-13-35(46)4)30-49(43)64-50-31-39(19-21-44(50)52)29-47-36(5)26-42(27-37(47)6)62-32-40-14-7-9-16-48(40)54(55,56)57/h7-21,26-28,30-31,41H,1,22-25,29,32H2,2-6H3/q-1/b38-28+. The quantitative estimate of drug-likeness (QED) is 0.0691. The summed E-state index contributed by atoms with van der Waals surface area (Å²) in [5, 5.41) is 1.67. The minimum atomic E-state index is -5.18. The fourth-order valence-corrected chi connectivity index (χ4v) is 10.5. The van der Waals surface area contributed by atoms with Crippen molar-refractivity contribution in [2.45, 2.75) is 71.5 Å². The van der Waals surface area contributed by atoms with Crippen LogP contribution >= 0.6 is 0 Å². The third-order valence-electron chi connectivity index (χ3n) is 12.3. The molecule has 2 heterocycles. The molecule has 0 saturated carbocycles. The van der Waals surface area contributed by atoms with Crippen molar-refractivity contribution < 1.29 is 40.4 Å². The van der Waals surface area contributed by atoms with E-state index in [4.69, 9.17) is 14.2 Å². The van der Waals surface area contributed by atoms with Crippen molar-refractivity contribution >= 4 is 40.1 Å². The average Bonchev–Trinajstić information content (AvgIpc) is 3.27. The van der Waals surface area contributed by atoms with Crippen molar-refractivity contribution in [1.82, 2.24) is 4.31 Å². The first-order chi connectivity index (χ1) is 31.0. The molecule has 0 unspecified atom stereocenters. The number of nitrogens with zero attached hydrogens (tertiary/aromatic N) is 1. The summed E-state index contributed by atoms with van der Waals surface area (Å²) in [5.74, 6) is 1.15. The summed E-state index contributed by atoms with van der Waals surface area (Å²) < 4.78 is 90.2. The van der Waals surface area contributed by atoms with Gasteiger partial charge in [-0.3, -0.25) is 0 Å². The maximum atomic E-state index is 14.6. The third-order valence-corrected chi connectivity index (χ3v) is 14.3. The molecule has 0 radical (unpaired) electrons. The summed E-state index contributed by atoms with van der Waals surface area (Å²) in [5.41, 5.74) is 8.94. The number of hydrogen-bond acceptors (Lipinski definition) is 6. The van der Waals surface area contributed by atoms with E-state index < -0.39 is 34.5 Å². The summed E-state index contributed by atoms with van der Waals surface area (Å²) in [4.78, 5) is 12.4. The number of aryl methyl sites for hydroxylation is 4. The van der Waals surface area contributed by atoms with Crippen LogP contribution in [0, 0.1) is 27.7 Å². The van der Waals surface area contributed by atoms with Crippen molar-refractivity contribution in [3.63, 3.8) is 0 Å². The highest BCUT2D eigenvalue weighted by Crippen LogP contribution is 2.40. The van der Waals surface area contributed by atoms with E-state index in [1.165, 1.54) is 16.4 Å². The number of halogens is 3. The van der Waals surface area contributed by atoms with Gasteiger partial charge in [0.1, 0.15) is 30.0 Å². The maximum absolute atomic E-state index is 14.6. The molecular formula is C53H50BF3NO6S-. The van der Waals surface area contributed by atoms with Crippen LogP contribution in [0.3, 0.4) is 0 Å². The topological polar surface area (TPSA) is 82.1 Å². The van der Waals surface area contributed by atoms with E-state index in [1.54, 1.807) is 25.1 Å². The molecule has 1 fully saturated rings. The first-order valence-corrected chi connectivity index (χ1v) is 23.1. The number of carbonyl (C=O) groups is 1. The third kappa shape index (κ3) is 9.56. The van der Waals surface area contributed by atoms with Gasteiger partial charge < -0.3 is 27.2 Å². The molecule has 1 saturated heterocycles. The van der Waals surface area contributed by atoms with Gasteiger partial charge in [-0.1, -0.05) is 85.4 Å². The lowest BCUT2D eigenvalue weighted by Crippen LogP contribution is -2.41. The van der Waals surface area contributed by atoms with Gasteiger partial charge in [0.05, 0.1) is 4.90 Å². The van der Waals surface area contributed by atoms with E-state index in [1.807, 2.05) is 80.6 Å². The van der Waals surface area contributed by atoms with Gasteiger partial charge in [0.25, 0.3) is 0 Å². The number of fused-ring (bicyclic) bond motifs is 2. The molecule has 12 heteroatoms. The number of hydrogen-bond donors (Lipinski definition) is 0. The van der Waals surface area contributed by atoms with Crippen LogP contribution in [0.15, 0.2) is 132 Å². The number of carbonyl (C=O) groups excluding carboxylic acids is 1. The Morgan fingerprint density at radius 2 is 1.48 bits per heavy atom. The van der Waals surface area contributed by atoms with Gasteiger partial charge in [0.2, 0.25) is 10.0 Å². The highest BCUT2D eigenvalue weighted by atomic mass is 32.2. The highest BCUT2D eigenvalue weighted by Gasteiger charge is 2.34. The summed E-state index contributed by atoms with van der Waals surface area (Å²) in [6, 6.07) is 34.4. The van der Waals surface area contributed by atoms with Crippen molar-refractivity contribution in [3.05, 3.63) is 193 Å². The summed E-state index contributed by atoms with van der Waals surface area (Å²) >= 11 is 0. The molecule has 0 N–H and O–H groups in total. The van der Waals surface area contributed by atoms with E-state index in [0.717, 1.165) is 66.6 Å². The largest absolute Gasteiger partial charge is 0.510 e. The first-order valence-electron chi connectivity index (χ1n) is 21.7. The zero-order chi connectivity index (χ0) is 46.2. The van der Waals surface area contributed by atoms with E-state index >= 15 is 0 Å². The Hall–Kier alpha value is -6.37. The molecule has 65 heavy (non-hydrogen) atoms. The number of piperidine rings is 1. The average molecular weight is 897 g/mol. The molecule has 0 spiro atoms. The predicted molar refractivity (Wildman–Crippen MR) is 251 cm³/mol. The molecule has 8 rings (SSSR count). The van der Waals surface area contributed by atoms with E-state index in [0.29, 0.717) is 47.6 Å². The molecule has 0 bridgehead atoms. The van der Waals surface area contributed by atoms with Crippen LogP contribution < -0.4 is 25.4 Å². The maximum Gasteiger partial charge on any atom is 0.510 e. The molecule has 0 atom stereocenters. The number of esters is 1. The lowest BCUT2D eigenvalue weighted by Gasteiger charge is -2.32. The minimum Gasteiger partial charge on any atom is -0.489 e. The normalized spacial score (nSPS) is 14.6. The summed E-state index contributed by atoms with van der Waals surface area (Å²) in [6.07, 6.45) is 2.99. The number of rotatable bonds is 12. The predicted octanol–water partition coefficient (Wildman–Crippen LogP) is 9.60. The first kappa shape index (κ1) is 45.2. The summed E-state index contributed by atoms with van der Waals surface area (Å²) in [7, 11) is -4.02. The van der Waals surface area contributed by atoms with E-state index in [2.05, 4.69) is 38.6 Å². The second kappa shape index (κ2) is 18.3. The molecule has 2 aliphatic rings. The molecule has 0 aliphatic carbocycles. The van der Waals surface area contributed by atoms with Gasteiger partial charge in [-0.2, -0.15) is 4.31 Å². The molecule has 0 aromatic heterocycles. The zero-order valence-corrected chi connectivity index (χ0v) is 37.9. The Bertz CT molecular complexity index is 3060. The SMILES string of the molecule is C=C(C)C(=O)OC1CCN(S(=O)(=O)c2ccccc2C2=c3cc/c(=C\c4c(C)cccc4C)cc3Oc3cc(Cc4c(C)cc(OCc5ccccc5[B-](F)(F)F)cc4C)ccc32)CC1. The molecule has 7 nitrogen and oxygen atoms in total. The van der Waals surface area contributed by atoms with Gasteiger partial charge in [0, 0.05) is 40.6 Å². The molecule has 334 valence electrons. The Labute approximate surface area is 378 Å². The fourth-order valence-electron chi connectivity index (χ4n) is 8.81. The second-order valence-corrected chi connectivity index (χ2v) is 19.0. The second-order valence-electron chi connectivity index (χ2n) is 17.1. The fraction of sp³-hybridized carbons (Fsp3) is 0.226. The van der Waals surface area contributed by atoms with Crippen molar-refractivity contribution in [1.29, 1.82) is 0 Å². The molecule has 0 amide bonds. The molecule has 6 aromatic rings. The summed E-state index contributed by atoms with van der Waals surface area (Å²) in [6.45, 7) is 8.31. The number of benzene rings is 6. The molecular weight excluding hydrogens is 846 g/mol. The van der Waals surface area contributed by atoms with Crippen LogP contribution in [0.5, 0.6) is 17.2 Å². The van der Waals surface area contributed by atoms with Crippen LogP contribution in [0.2, 0.25) is 0 Å². The molecule has 2 aliphatic heterocycles. The Balaban J connectivity index is 1.16. The number of ether oxygens (including phenoxy) is 3. The van der Waals surface area contributed by atoms with E-state index in [9.17, 15) is 26.2 Å². The van der Waals surface area contributed by atoms with Crippen LogP contribution in [0.1, 0.15) is 75.4 Å². The minimum absolute atomic E-state index is 0.0881. The monoisotopic (exact) mass is 896 g/mol. The van der Waals surface area contributed by atoms with Crippen molar-refractivity contribution in [2.24, 2.45) is 0 Å². The van der Waals surface area contributed by atoms with Crippen LogP contribution in [-0.2, 0) is 32.6 Å². The Morgan fingerprint density at radius 3 is 2.17 bits per heavy atom. The van der Waals surface area contributed by atoms with Gasteiger partial charge in [-0.15, -0.1) is 5.46 Å². The number of sulfonamides is 1. The Kier molecular flexibility index (Phi) is 12.7. The van der Waals surface area contributed by atoms with Crippen LogP contribution in [-0.4, -0.2) is 44.9 Å².